The Balaban J connectivity index is 2.35. The molecule has 2 aromatic rings. The molecule has 0 atom stereocenters. The number of hydrogen-bond donors (Lipinski definition) is 1. The molecule has 0 saturated heterocycles. The van der Waals surface area contributed by atoms with Crippen LogP contribution in [0.25, 0.3) is 16.8 Å². The van der Waals surface area contributed by atoms with Gasteiger partial charge in [0.2, 0.25) is 11.6 Å². The van der Waals surface area contributed by atoms with Gasteiger partial charge in [0.25, 0.3) is 0 Å². The van der Waals surface area contributed by atoms with Crippen LogP contribution in [0, 0.1) is 0 Å². The van der Waals surface area contributed by atoms with Crippen molar-refractivity contribution in [3.8, 4) is 5.75 Å². The van der Waals surface area contributed by atoms with Gasteiger partial charge in [-0.15, -0.1) is 0 Å². The van der Waals surface area contributed by atoms with Crippen LogP contribution in [-0.2, 0) is 4.79 Å². The SMILES string of the molecule is O=C1C=Cc2cc3ccc(O)cc3cc2C1=O. The van der Waals surface area contributed by atoms with Crippen LogP contribution in [0.2, 0.25) is 0 Å². The summed E-state index contributed by atoms with van der Waals surface area (Å²) in [5, 5.41) is 11.1. The first kappa shape index (κ1) is 9.78. The van der Waals surface area contributed by atoms with E-state index < -0.39 is 11.6 Å². The summed E-state index contributed by atoms with van der Waals surface area (Å²) in [5.41, 5.74) is 1.14. The Morgan fingerprint density at radius 1 is 0.882 bits per heavy atom. The summed E-state index contributed by atoms with van der Waals surface area (Å²) in [6.07, 6.45) is 2.93. The molecule has 0 spiro atoms. The van der Waals surface area contributed by atoms with Gasteiger partial charge < -0.3 is 5.11 Å². The normalized spacial score (nSPS) is 14.1. The molecule has 1 aliphatic rings. The topological polar surface area (TPSA) is 54.4 Å². The highest BCUT2D eigenvalue weighted by Crippen LogP contribution is 2.26. The molecule has 0 heterocycles. The molecule has 0 saturated carbocycles. The zero-order valence-corrected chi connectivity index (χ0v) is 8.81. The number of Topliss-reactive ketones (excluding diaryl/α,β-unsaturated/α-hetero) is 1. The van der Waals surface area contributed by atoms with Crippen LogP contribution in [0.4, 0.5) is 0 Å². The molecular formula is C14H8O3. The van der Waals surface area contributed by atoms with E-state index in [0.717, 1.165) is 16.3 Å². The molecule has 17 heavy (non-hydrogen) atoms. The fourth-order valence-electron chi connectivity index (χ4n) is 2.01. The highest BCUT2D eigenvalue weighted by Gasteiger charge is 2.21. The van der Waals surface area contributed by atoms with Crippen LogP contribution in [-0.4, -0.2) is 16.7 Å². The quantitative estimate of drug-likeness (QED) is 0.699. The van der Waals surface area contributed by atoms with E-state index in [4.69, 9.17) is 0 Å². The molecule has 3 rings (SSSR count). The van der Waals surface area contributed by atoms with Gasteiger partial charge in [-0.05, 0) is 46.7 Å². The van der Waals surface area contributed by atoms with E-state index in [1.807, 2.05) is 6.07 Å². The summed E-state index contributed by atoms with van der Waals surface area (Å²) in [6.45, 7) is 0. The van der Waals surface area contributed by atoms with E-state index in [0.29, 0.717) is 5.56 Å². The van der Waals surface area contributed by atoms with E-state index >= 15 is 0 Å². The molecule has 2 aromatic carbocycles. The third-order valence-corrected chi connectivity index (χ3v) is 2.87. The number of benzene rings is 2. The molecule has 1 N–H and O–H groups in total. The van der Waals surface area contributed by atoms with E-state index in [-0.39, 0.29) is 5.75 Å². The average molecular weight is 224 g/mol. The number of rotatable bonds is 0. The predicted octanol–water partition coefficient (Wildman–Crippen LogP) is 2.32. The summed E-state index contributed by atoms with van der Waals surface area (Å²) in [5.74, 6) is -0.854. The Morgan fingerprint density at radius 2 is 1.71 bits per heavy atom. The van der Waals surface area contributed by atoms with E-state index in [1.54, 1.807) is 30.3 Å². The Morgan fingerprint density at radius 3 is 2.53 bits per heavy atom. The molecule has 0 amide bonds. The van der Waals surface area contributed by atoms with Gasteiger partial charge in [-0.2, -0.15) is 0 Å². The minimum absolute atomic E-state index is 0.141. The lowest BCUT2D eigenvalue weighted by Gasteiger charge is -2.10. The lowest BCUT2D eigenvalue weighted by atomic mass is 9.92. The number of fused-ring (bicyclic) bond motifs is 2. The van der Waals surface area contributed by atoms with Crippen LogP contribution in [0.3, 0.4) is 0 Å². The third-order valence-electron chi connectivity index (χ3n) is 2.87. The Labute approximate surface area is 97.0 Å². The highest BCUT2D eigenvalue weighted by atomic mass is 16.3. The molecule has 0 unspecified atom stereocenters. The summed E-state index contributed by atoms with van der Waals surface area (Å²) >= 11 is 0. The Bertz CT molecular complexity index is 696. The summed E-state index contributed by atoms with van der Waals surface area (Å²) in [6, 6.07) is 8.43. The summed E-state index contributed by atoms with van der Waals surface area (Å²) in [4.78, 5) is 23.0. The zero-order valence-electron chi connectivity index (χ0n) is 8.81. The van der Waals surface area contributed by atoms with E-state index in [9.17, 15) is 14.7 Å². The second-order valence-electron chi connectivity index (χ2n) is 4.00. The van der Waals surface area contributed by atoms with Gasteiger partial charge in [0.05, 0.1) is 0 Å². The van der Waals surface area contributed by atoms with E-state index in [1.165, 1.54) is 6.08 Å². The Kier molecular flexibility index (Phi) is 1.89. The first-order chi connectivity index (χ1) is 8.15. The molecule has 3 nitrogen and oxygen atoms in total. The molecule has 1 aliphatic carbocycles. The van der Waals surface area contributed by atoms with Crippen LogP contribution in [0.5, 0.6) is 5.75 Å². The largest absolute Gasteiger partial charge is 0.508 e. The maximum atomic E-state index is 11.7. The lowest BCUT2D eigenvalue weighted by Crippen LogP contribution is -2.15. The number of phenols is 1. The van der Waals surface area contributed by atoms with Crippen molar-refractivity contribution in [2.75, 3.05) is 0 Å². The molecule has 0 aromatic heterocycles. The summed E-state index contributed by atoms with van der Waals surface area (Å²) < 4.78 is 0. The van der Waals surface area contributed by atoms with E-state index in [2.05, 4.69) is 0 Å². The number of phenolic OH excluding ortho intramolecular Hbond substituents is 1. The van der Waals surface area contributed by atoms with Crippen molar-refractivity contribution in [3.05, 3.63) is 47.5 Å². The molecule has 0 bridgehead atoms. The average Bonchev–Trinajstić information content (AvgIpc) is 2.32. The van der Waals surface area contributed by atoms with Crippen LogP contribution < -0.4 is 0 Å². The van der Waals surface area contributed by atoms with Crippen molar-refractivity contribution in [1.82, 2.24) is 0 Å². The molecule has 82 valence electrons. The second-order valence-corrected chi connectivity index (χ2v) is 4.00. The number of allylic oxidation sites excluding steroid dienone is 1. The number of ketones is 2. The number of carbonyl (C=O) groups excluding carboxylic acids is 2. The summed E-state index contributed by atoms with van der Waals surface area (Å²) in [7, 11) is 0. The van der Waals surface area contributed by atoms with Gasteiger partial charge in [0.1, 0.15) is 5.75 Å². The number of hydrogen-bond acceptors (Lipinski definition) is 3. The van der Waals surface area contributed by atoms with Crippen molar-refractivity contribution >= 4 is 28.4 Å². The van der Waals surface area contributed by atoms with Crippen LogP contribution >= 0.6 is 0 Å². The van der Waals surface area contributed by atoms with Gasteiger partial charge in [-0.3, -0.25) is 9.59 Å². The van der Waals surface area contributed by atoms with Gasteiger partial charge >= 0.3 is 0 Å². The first-order valence-electron chi connectivity index (χ1n) is 5.19. The van der Waals surface area contributed by atoms with Crippen molar-refractivity contribution in [1.29, 1.82) is 0 Å². The maximum absolute atomic E-state index is 11.7. The minimum Gasteiger partial charge on any atom is -0.508 e. The van der Waals surface area contributed by atoms with Crippen molar-refractivity contribution in [3.63, 3.8) is 0 Å². The molecule has 0 radical (unpaired) electrons. The highest BCUT2D eigenvalue weighted by molar-refractivity contribution is 6.50. The smallest absolute Gasteiger partial charge is 0.233 e. The molecule has 3 heteroatoms. The van der Waals surface area contributed by atoms with Crippen LogP contribution in [0.15, 0.2) is 36.4 Å². The fourth-order valence-corrected chi connectivity index (χ4v) is 2.01. The van der Waals surface area contributed by atoms with Gasteiger partial charge in [0.15, 0.2) is 0 Å². The standard InChI is InChI=1S/C14H8O3/c15-11-3-1-8-5-9-2-4-13(16)14(17)12(9)7-10(8)6-11/h1-7,15H. The first-order valence-corrected chi connectivity index (χ1v) is 5.19. The van der Waals surface area contributed by atoms with Crippen molar-refractivity contribution < 1.29 is 14.7 Å². The second kappa shape index (κ2) is 3.28. The predicted molar refractivity (Wildman–Crippen MR) is 64.0 cm³/mol. The zero-order chi connectivity index (χ0) is 12.0. The Hall–Kier alpha value is -2.42. The molecule has 0 fully saturated rings. The third kappa shape index (κ3) is 1.44. The van der Waals surface area contributed by atoms with Crippen molar-refractivity contribution in [2.24, 2.45) is 0 Å². The molecule has 0 aliphatic heterocycles. The maximum Gasteiger partial charge on any atom is 0.233 e. The monoisotopic (exact) mass is 224 g/mol. The van der Waals surface area contributed by atoms with Crippen molar-refractivity contribution in [2.45, 2.75) is 0 Å². The minimum atomic E-state index is -0.503. The van der Waals surface area contributed by atoms with Crippen LogP contribution in [0.1, 0.15) is 15.9 Å². The lowest BCUT2D eigenvalue weighted by molar-refractivity contribution is -0.110. The van der Waals surface area contributed by atoms with Gasteiger partial charge in [-0.25, -0.2) is 0 Å². The van der Waals surface area contributed by atoms with Gasteiger partial charge in [0, 0.05) is 5.56 Å². The molecular weight excluding hydrogens is 216 g/mol. The number of aromatic hydroxyl groups is 1. The fraction of sp³-hybridized carbons (Fsp3) is 0. The van der Waals surface area contributed by atoms with Gasteiger partial charge in [-0.1, -0.05) is 12.1 Å². The number of carbonyl (C=O) groups is 2.